The minimum atomic E-state index is -0.773. The van der Waals surface area contributed by atoms with E-state index >= 15 is 0 Å². The number of ketones is 2. The van der Waals surface area contributed by atoms with Crippen LogP contribution >= 0.6 is 0 Å². The van der Waals surface area contributed by atoms with Gasteiger partial charge in [0.25, 0.3) is 11.7 Å². The zero-order valence-electron chi connectivity index (χ0n) is 14.6. The van der Waals surface area contributed by atoms with E-state index in [0.717, 1.165) is 5.56 Å². The van der Waals surface area contributed by atoms with Crippen molar-refractivity contribution in [2.45, 2.75) is 13.5 Å². The molecule has 0 saturated carbocycles. The summed E-state index contributed by atoms with van der Waals surface area (Å²) in [6, 6.07) is 15.5. The highest BCUT2D eigenvalue weighted by molar-refractivity contribution is 6.46. The van der Waals surface area contributed by atoms with Crippen molar-refractivity contribution in [2.24, 2.45) is 0 Å². The van der Waals surface area contributed by atoms with E-state index in [9.17, 15) is 18.8 Å². The van der Waals surface area contributed by atoms with E-state index in [-0.39, 0.29) is 17.3 Å². The SMILES string of the molecule is CC(=O)c1ccc(NC(=O)C(=O)c2cccn2Cc2ccc(F)cc2)cc1. The van der Waals surface area contributed by atoms with Crippen molar-refractivity contribution >= 4 is 23.2 Å². The molecule has 0 fully saturated rings. The molecule has 1 heterocycles. The Morgan fingerprint density at radius 2 is 1.63 bits per heavy atom. The molecule has 27 heavy (non-hydrogen) atoms. The first kappa shape index (κ1) is 18.3. The number of hydrogen-bond acceptors (Lipinski definition) is 3. The van der Waals surface area contributed by atoms with Gasteiger partial charge >= 0.3 is 0 Å². The van der Waals surface area contributed by atoms with E-state index < -0.39 is 11.7 Å². The van der Waals surface area contributed by atoms with E-state index in [0.29, 0.717) is 17.8 Å². The van der Waals surface area contributed by atoms with Gasteiger partial charge < -0.3 is 9.88 Å². The Labute approximate surface area is 155 Å². The molecule has 0 aliphatic rings. The minimum Gasteiger partial charge on any atom is -0.340 e. The summed E-state index contributed by atoms with van der Waals surface area (Å²) >= 11 is 0. The van der Waals surface area contributed by atoms with Crippen LogP contribution in [-0.2, 0) is 11.3 Å². The van der Waals surface area contributed by atoms with Crippen molar-refractivity contribution in [3.05, 3.63) is 89.5 Å². The van der Waals surface area contributed by atoms with Crippen molar-refractivity contribution < 1.29 is 18.8 Å². The van der Waals surface area contributed by atoms with Crippen LogP contribution in [0, 0.1) is 5.82 Å². The van der Waals surface area contributed by atoms with Gasteiger partial charge in [-0.15, -0.1) is 0 Å². The number of carbonyl (C=O) groups excluding carboxylic acids is 3. The third-order valence-corrected chi connectivity index (χ3v) is 4.08. The molecule has 1 amide bonds. The van der Waals surface area contributed by atoms with Gasteiger partial charge in [-0.25, -0.2) is 4.39 Å². The number of nitrogens with zero attached hydrogens (tertiary/aromatic N) is 1. The summed E-state index contributed by atoms with van der Waals surface area (Å²) < 4.78 is 14.7. The number of nitrogens with one attached hydrogen (secondary N) is 1. The first-order valence-electron chi connectivity index (χ1n) is 8.30. The Kier molecular flexibility index (Phi) is 5.26. The molecule has 3 aromatic rings. The fourth-order valence-corrected chi connectivity index (χ4v) is 2.64. The molecular weight excluding hydrogens is 347 g/mol. The molecule has 0 aliphatic heterocycles. The van der Waals surface area contributed by atoms with Crippen molar-refractivity contribution in [3.63, 3.8) is 0 Å². The molecule has 0 spiro atoms. The number of halogens is 1. The number of amides is 1. The van der Waals surface area contributed by atoms with Gasteiger partial charge in [0, 0.05) is 24.0 Å². The largest absolute Gasteiger partial charge is 0.340 e. The number of carbonyl (C=O) groups is 3. The van der Waals surface area contributed by atoms with Gasteiger partial charge in [0.2, 0.25) is 0 Å². The normalized spacial score (nSPS) is 10.4. The predicted molar refractivity (Wildman–Crippen MR) is 99.3 cm³/mol. The number of hydrogen-bond donors (Lipinski definition) is 1. The smallest absolute Gasteiger partial charge is 0.298 e. The highest BCUT2D eigenvalue weighted by Crippen LogP contribution is 2.13. The second-order valence-electron chi connectivity index (χ2n) is 6.06. The number of rotatable bonds is 6. The summed E-state index contributed by atoms with van der Waals surface area (Å²) in [4.78, 5) is 36.1. The molecule has 5 nitrogen and oxygen atoms in total. The van der Waals surface area contributed by atoms with E-state index in [1.807, 2.05) is 0 Å². The monoisotopic (exact) mass is 364 g/mol. The fourth-order valence-electron chi connectivity index (χ4n) is 2.64. The predicted octanol–water partition coefficient (Wildman–Crippen LogP) is 3.70. The molecule has 0 bridgehead atoms. The highest BCUT2D eigenvalue weighted by Gasteiger charge is 2.20. The van der Waals surface area contributed by atoms with Crippen LogP contribution in [0.3, 0.4) is 0 Å². The molecule has 0 radical (unpaired) electrons. The van der Waals surface area contributed by atoms with Crippen LogP contribution in [0.5, 0.6) is 0 Å². The Balaban J connectivity index is 1.72. The van der Waals surface area contributed by atoms with Gasteiger partial charge in [0.05, 0.1) is 5.69 Å². The molecule has 3 rings (SSSR count). The topological polar surface area (TPSA) is 68.2 Å². The Morgan fingerprint density at radius 1 is 0.963 bits per heavy atom. The highest BCUT2D eigenvalue weighted by atomic mass is 19.1. The maximum atomic E-state index is 13.0. The lowest BCUT2D eigenvalue weighted by Crippen LogP contribution is -2.25. The molecular formula is C21H17FN2O3. The lowest BCUT2D eigenvalue weighted by Gasteiger charge is -2.09. The summed E-state index contributed by atoms with van der Waals surface area (Å²) in [6.45, 7) is 1.79. The Bertz CT molecular complexity index is 989. The van der Waals surface area contributed by atoms with Gasteiger partial charge in [-0.3, -0.25) is 14.4 Å². The van der Waals surface area contributed by atoms with E-state index in [4.69, 9.17) is 0 Å². The van der Waals surface area contributed by atoms with E-state index in [1.165, 1.54) is 19.1 Å². The van der Waals surface area contributed by atoms with Gasteiger partial charge in [-0.05, 0) is 61.0 Å². The summed E-state index contributed by atoms with van der Waals surface area (Å²) in [5.74, 6) is -1.87. The maximum absolute atomic E-state index is 13.0. The quantitative estimate of drug-likeness (QED) is 0.536. The van der Waals surface area contributed by atoms with Crippen LogP contribution in [0.15, 0.2) is 66.9 Å². The summed E-state index contributed by atoms with van der Waals surface area (Å²) in [5.41, 5.74) is 1.99. The van der Waals surface area contributed by atoms with Gasteiger partial charge in [-0.2, -0.15) is 0 Å². The molecule has 2 aromatic carbocycles. The van der Waals surface area contributed by atoms with Crippen LogP contribution < -0.4 is 5.32 Å². The zero-order valence-corrected chi connectivity index (χ0v) is 14.6. The Morgan fingerprint density at radius 3 is 2.26 bits per heavy atom. The maximum Gasteiger partial charge on any atom is 0.298 e. The van der Waals surface area contributed by atoms with Crippen molar-refractivity contribution in [3.8, 4) is 0 Å². The summed E-state index contributed by atoms with van der Waals surface area (Å²) in [6.07, 6.45) is 1.69. The number of anilines is 1. The minimum absolute atomic E-state index is 0.0810. The average Bonchev–Trinajstić information content (AvgIpc) is 3.11. The molecule has 0 unspecified atom stereocenters. The van der Waals surface area contributed by atoms with Crippen molar-refractivity contribution in [2.75, 3.05) is 5.32 Å². The van der Waals surface area contributed by atoms with Gasteiger partial charge in [0.1, 0.15) is 5.82 Å². The van der Waals surface area contributed by atoms with E-state index in [1.54, 1.807) is 59.3 Å². The molecule has 0 aliphatic carbocycles. The van der Waals surface area contributed by atoms with Crippen LogP contribution in [0.4, 0.5) is 10.1 Å². The molecule has 6 heteroatoms. The second kappa shape index (κ2) is 7.78. The first-order valence-corrected chi connectivity index (χ1v) is 8.30. The third-order valence-electron chi connectivity index (χ3n) is 4.08. The standard InChI is InChI=1S/C21H17FN2O3/c1-14(25)16-6-10-18(11-7-16)23-21(27)20(26)19-3-2-12-24(19)13-15-4-8-17(22)9-5-15/h2-12H,13H2,1H3,(H,23,27). The van der Waals surface area contributed by atoms with Crippen molar-refractivity contribution in [1.82, 2.24) is 4.57 Å². The van der Waals surface area contributed by atoms with Crippen LogP contribution in [-0.4, -0.2) is 22.0 Å². The lowest BCUT2D eigenvalue weighted by atomic mass is 10.1. The molecule has 0 saturated heterocycles. The second-order valence-corrected chi connectivity index (χ2v) is 6.06. The third kappa shape index (κ3) is 4.36. The number of Topliss-reactive ketones (excluding diaryl/α,β-unsaturated/α-hetero) is 2. The first-order chi connectivity index (χ1) is 12.9. The Hall–Kier alpha value is -3.54. The summed E-state index contributed by atoms with van der Waals surface area (Å²) in [7, 11) is 0. The zero-order chi connectivity index (χ0) is 19.4. The van der Waals surface area contributed by atoms with Crippen LogP contribution in [0.1, 0.15) is 33.3 Å². The van der Waals surface area contributed by atoms with Crippen LogP contribution in [0.2, 0.25) is 0 Å². The number of aromatic nitrogens is 1. The lowest BCUT2D eigenvalue weighted by molar-refractivity contribution is -0.112. The van der Waals surface area contributed by atoms with Gasteiger partial charge in [-0.1, -0.05) is 12.1 Å². The van der Waals surface area contributed by atoms with Crippen molar-refractivity contribution in [1.29, 1.82) is 0 Å². The summed E-state index contributed by atoms with van der Waals surface area (Å²) in [5, 5.41) is 2.53. The molecule has 136 valence electrons. The van der Waals surface area contributed by atoms with Gasteiger partial charge in [0.15, 0.2) is 5.78 Å². The number of benzene rings is 2. The molecule has 1 aromatic heterocycles. The molecule has 0 atom stereocenters. The fraction of sp³-hybridized carbons (Fsp3) is 0.0952. The average molecular weight is 364 g/mol. The van der Waals surface area contributed by atoms with Crippen LogP contribution in [0.25, 0.3) is 0 Å². The van der Waals surface area contributed by atoms with E-state index in [2.05, 4.69) is 5.32 Å². The molecule has 1 N–H and O–H groups in total.